The highest BCUT2D eigenvalue weighted by Gasteiger charge is 2.42. The molecule has 0 spiro atoms. The largest absolute Gasteiger partial charge is 0.399 e. The second-order valence-corrected chi connectivity index (χ2v) is 3.56. The summed E-state index contributed by atoms with van der Waals surface area (Å²) in [5.74, 6) is 0.699. The van der Waals surface area contributed by atoms with Crippen molar-refractivity contribution in [2.24, 2.45) is 0 Å². The van der Waals surface area contributed by atoms with Crippen LogP contribution in [0.15, 0.2) is 18.2 Å². The minimum absolute atomic E-state index is 0.638. The topological polar surface area (TPSA) is 50.1 Å². The monoisotopic (exact) mass is 161 g/mol. The fourth-order valence-electron chi connectivity index (χ4n) is 1.87. The van der Waals surface area contributed by atoms with Crippen molar-refractivity contribution in [3.63, 3.8) is 0 Å². The third-order valence-electron chi connectivity index (χ3n) is 2.66. The molecule has 0 aromatic heterocycles. The summed E-state index contributed by atoms with van der Waals surface area (Å²) in [7, 11) is 0. The van der Waals surface area contributed by atoms with E-state index in [1.165, 1.54) is 17.7 Å². The summed E-state index contributed by atoms with van der Waals surface area (Å²) in [5.41, 5.74) is 15.6. The zero-order chi connectivity index (χ0) is 8.13. The Morgan fingerprint density at radius 1 is 1.42 bits per heavy atom. The van der Waals surface area contributed by atoms with E-state index in [4.69, 9.17) is 5.73 Å². The van der Waals surface area contributed by atoms with E-state index in [0.29, 0.717) is 12.0 Å². The standard InChI is InChI=1S/C9H11N3/c10-5-1-2-8-6(3-5)7-4-9(7)12-11-8/h1-3,7,9,11-12H,4,10H2. The molecule has 4 N–H and O–H groups in total. The van der Waals surface area contributed by atoms with E-state index in [1.807, 2.05) is 12.1 Å². The molecule has 62 valence electrons. The first-order valence-corrected chi connectivity index (χ1v) is 4.25. The Kier molecular flexibility index (Phi) is 1.01. The first kappa shape index (κ1) is 6.31. The van der Waals surface area contributed by atoms with Gasteiger partial charge in [-0.3, -0.25) is 0 Å². The van der Waals surface area contributed by atoms with E-state index in [9.17, 15) is 0 Å². The summed E-state index contributed by atoms with van der Waals surface area (Å²) in [6, 6.07) is 6.68. The molecule has 0 amide bonds. The quantitative estimate of drug-likeness (QED) is 0.498. The van der Waals surface area contributed by atoms with Crippen LogP contribution in [0.25, 0.3) is 0 Å². The van der Waals surface area contributed by atoms with Crippen molar-refractivity contribution in [3.8, 4) is 0 Å². The predicted octanol–water partition coefficient (Wildman–Crippen LogP) is 1.05. The number of nitrogens with two attached hydrogens (primary N) is 1. The Morgan fingerprint density at radius 3 is 3.25 bits per heavy atom. The van der Waals surface area contributed by atoms with Gasteiger partial charge < -0.3 is 11.2 Å². The molecule has 1 heterocycles. The number of fused-ring (bicyclic) bond motifs is 3. The number of nitrogen functional groups attached to an aromatic ring is 1. The van der Waals surface area contributed by atoms with Gasteiger partial charge in [0.25, 0.3) is 0 Å². The third-order valence-corrected chi connectivity index (χ3v) is 2.66. The fourth-order valence-corrected chi connectivity index (χ4v) is 1.87. The number of anilines is 2. The van der Waals surface area contributed by atoms with Gasteiger partial charge in [0.05, 0.1) is 5.69 Å². The van der Waals surface area contributed by atoms with Gasteiger partial charge in [0.1, 0.15) is 0 Å². The van der Waals surface area contributed by atoms with Crippen LogP contribution >= 0.6 is 0 Å². The molecular weight excluding hydrogens is 150 g/mol. The number of benzene rings is 1. The van der Waals surface area contributed by atoms with Crippen LogP contribution < -0.4 is 16.6 Å². The van der Waals surface area contributed by atoms with Gasteiger partial charge in [-0.1, -0.05) is 0 Å². The minimum atomic E-state index is 0.638. The summed E-state index contributed by atoms with van der Waals surface area (Å²) in [6.45, 7) is 0. The lowest BCUT2D eigenvalue weighted by Crippen LogP contribution is -2.29. The summed E-state index contributed by atoms with van der Waals surface area (Å²) < 4.78 is 0. The van der Waals surface area contributed by atoms with Crippen molar-refractivity contribution < 1.29 is 0 Å². The van der Waals surface area contributed by atoms with Crippen LogP contribution in [0, 0.1) is 0 Å². The highest BCUT2D eigenvalue weighted by Crippen LogP contribution is 2.46. The molecule has 12 heavy (non-hydrogen) atoms. The van der Waals surface area contributed by atoms with E-state index >= 15 is 0 Å². The fraction of sp³-hybridized carbons (Fsp3) is 0.333. The lowest BCUT2D eigenvalue weighted by atomic mass is 10.1. The van der Waals surface area contributed by atoms with E-state index < -0.39 is 0 Å². The highest BCUT2D eigenvalue weighted by atomic mass is 15.4. The second kappa shape index (κ2) is 1.93. The summed E-state index contributed by atoms with van der Waals surface area (Å²) in [5, 5.41) is 0. The van der Waals surface area contributed by atoms with Gasteiger partial charge in [-0.15, -0.1) is 0 Å². The zero-order valence-corrected chi connectivity index (χ0v) is 6.67. The maximum atomic E-state index is 5.71. The van der Waals surface area contributed by atoms with E-state index in [0.717, 1.165) is 5.69 Å². The lowest BCUT2D eigenvalue weighted by Gasteiger charge is -2.18. The number of nitrogens with one attached hydrogen (secondary N) is 2. The minimum Gasteiger partial charge on any atom is -0.399 e. The molecule has 2 unspecified atom stereocenters. The Morgan fingerprint density at radius 2 is 2.33 bits per heavy atom. The first-order valence-electron chi connectivity index (χ1n) is 4.25. The maximum absolute atomic E-state index is 5.71. The lowest BCUT2D eigenvalue weighted by molar-refractivity contribution is 0.745. The van der Waals surface area contributed by atoms with Gasteiger partial charge >= 0.3 is 0 Å². The van der Waals surface area contributed by atoms with Gasteiger partial charge in [-0.25, -0.2) is 5.43 Å². The van der Waals surface area contributed by atoms with Crippen LogP contribution in [-0.2, 0) is 0 Å². The number of rotatable bonds is 0. The zero-order valence-electron chi connectivity index (χ0n) is 6.67. The van der Waals surface area contributed by atoms with Gasteiger partial charge in [-0.05, 0) is 30.2 Å². The van der Waals surface area contributed by atoms with Crippen LogP contribution in [0.5, 0.6) is 0 Å². The van der Waals surface area contributed by atoms with E-state index in [1.54, 1.807) is 0 Å². The van der Waals surface area contributed by atoms with Crippen molar-refractivity contribution in [2.45, 2.75) is 18.4 Å². The summed E-state index contributed by atoms with van der Waals surface area (Å²) in [6.07, 6.45) is 1.24. The molecule has 1 aromatic rings. The van der Waals surface area contributed by atoms with Crippen molar-refractivity contribution in [2.75, 3.05) is 11.2 Å². The van der Waals surface area contributed by atoms with Gasteiger partial charge in [0, 0.05) is 17.6 Å². The molecule has 1 aromatic carbocycles. The van der Waals surface area contributed by atoms with Crippen molar-refractivity contribution in [1.82, 2.24) is 5.43 Å². The Labute approximate surface area is 70.9 Å². The molecule has 1 aliphatic heterocycles. The first-order chi connectivity index (χ1) is 5.84. The van der Waals surface area contributed by atoms with Crippen LogP contribution in [0.2, 0.25) is 0 Å². The molecule has 1 fully saturated rings. The number of hydrogen-bond donors (Lipinski definition) is 3. The smallest absolute Gasteiger partial charge is 0.0524 e. The Balaban J connectivity index is 2.14. The van der Waals surface area contributed by atoms with Crippen LogP contribution in [-0.4, -0.2) is 6.04 Å². The van der Waals surface area contributed by atoms with Crippen LogP contribution in [0.3, 0.4) is 0 Å². The highest BCUT2D eigenvalue weighted by molar-refractivity contribution is 5.62. The summed E-state index contributed by atoms with van der Waals surface area (Å²) in [4.78, 5) is 0. The Bertz CT molecular complexity index is 335. The molecule has 2 atom stereocenters. The van der Waals surface area contributed by atoms with Gasteiger partial charge in [0.2, 0.25) is 0 Å². The molecule has 1 saturated carbocycles. The Hall–Kier alpha value is -1.22. The average Bonchev–Trinajstić information content (AvgIpc) is 2.82. The molecule has 3 rings (SSSR count). The van der Waals surface area contributed by atoms with Crippen LogP contribution in [0.1, 0.15) is 17.9 Å². The van der Waals surface area contributed by atoms with E-state index in [2.05, 4.69) is 16.9 Å². The van der Waals surface area contributed by atoms with Crippen molar-refractivity contribution in [3.05, 3.63) is 23.8 Å². The average molecular weight is 161 g/mol. The molecule has 0 radical (unpaired) electrons. The van der Waals surface area contributed by atoms with Gasteiger partial charge in [-0.2, -0.15) is 0 Å². The van der Waals surface area contributed by atoms with Crippen molar-refractivity contribution >= 4 is 11.4 Å². The van der Waals surface area contributed by atoms with Gasteiger partial charge in [0.15, 0.2) is 0 Å². The molecule has 0 bridgehead atoms. The molecule has 3 heteroatoms. The molecular formula is C9H11N3. The van der Waals surface area contributed by atoms with Crippen molar-refractivity contribution in [1.29, 1.82) is 0 Å². The van der Waals surface area contributed by atoms with Crippen LogP contribution in [0.4, 0.5) is 11.4 Å². The number of hydrazine groups is 1. The number of hydrogen-bond acceptors (Lipinski definition) is 3. The second-order valence-electron chi connectivity index (χ2n) is 3.56. The SMILES string of the molecule is Nc1ccc2c(c1)C1CC1NN2. The predicted molar refractivity (Wildman–Crippen MR) is 48.8 cm³/mol. The molecule has 1 aliphatic carbocycles. The summed E-state index contributed by atoms with van der Waals surface area (Å²) >= 11 is 0. The molecule has 0 saturated heterocycles. The molecule has 2 aliphatic rings. The van der Waals surface area contributed by atoms with E-state index in [-0.39, 0.29) is 0 Å². The molecule has 3 nitrogen and oxygen atoms in total. The normalized spacial score (nSPS) is 30.0. The maximum Gasteiger partial charge on any atom is 0.0524 e. The third kappa shape index (κ3) is 0.741.